The number of urea groups is 1. The third-order valence-corrected chi connectivity index (χ3v) is 9.24. The van der Waals surface area contributed by atoms with Gasteiger partial charge in [0, 0.05) is 24.2 Å². The number of benzene rings is 3. The van der Waals surface area contributed by atoms with Crippen LogP contribution in [0.4, 0.5) is 15.3 Å². The highest BCUT2D eigenvalue weighted by Crippen LogP contribution is 2.44. The SMILES string of the molecule is CC(C)C(NC(=O)OCC1c2ccccc2-c2ccccc21)C(=O)NC(CCCNC(N)=O)C(=O)Nc1ccc(CC(N)CC(C)(C)C(=O)O)cc1. The molecule has 13 nitrogen and oxygen atoms in total. The molecule has 13 heteroatoms. The number of nitrogens with two attached hydrogens (primary N) is 2. The van der Waals surface area contributed by atoms with Gasteiger partial charge in [-0.3, -0.25) is 14.4 Å². The molecule has 0 spiro atoms. The Hall–Kier alpha value is -5.43. The maximum atomic E-state index is 13.6. The van der Waals surface area contributed by atoms with Crippen LogP contribution in [0.3, 0.4) is 0 Å². The standard InChI is InChI=1S/C39H50N6O7/c1-23(2)33(45-38(51)52-22-31-29-12-7-5-10-27(29)28-11-6-8-13-30(28)31)35(47)44-32(14-9-19-42-37(41)50)34(46)43-26-17-15-24(16-18-26)20-25(40)21-39(3,4)36(48)49/h5-8,10-13,15-18,23,25,31-33H,9,14,19-22,40H2,1-4H3,(H,43,46)(H,44,47)(H,45,51)(H,48,49)(H3,41,42,50). The molecule has 3 aromatic carbocycles. The van der Waals surface area contributed by atoms with Gasteiger partial charge in [-0.25, -0.2) is 9.59 Å². The molecular weight excluding hydrogens is 664 g/mol. The summed E-state index contributed by atoms with van der Waals surface area (Å²) in [6.45, 7) is 7.08. The molecule has 3 atom stereocenters. The Morgan fingerprint density at radius 3 is 2.02 bits per heavy atom. The van der Waals surface area contributed by atoms with Gasteiger partial charge >= 0.3 is 18.1 Å². The lowest BCUT2D eigenvalue weighted by Gasteiger charge is -2.25. The van der Waals surface area contributed by atoms with Gasteiger partial charge in [-0.05, 0) is 85.4 Å². The van der Waals surface area contributed by atoms with Crippen LogP contribution in [0, 0.1) is 11.3 Å². The lowest BCUT2D eigenvalue weighted by molar-refractivity contribution is -0.147. The predicted molar refractivity (Wildman–Crippen MR) is 198 cm³/mol. The van der Waals surface area contributed by atoms with Gasteiger partial charge in [0.1, 0.15) is 18.7 Å². The fourth-order valence-electron chi connectivity index (χ4n) is 6.42. The Morgan fingerprint density at radius 1 is 0.865 bits per heavy atom. The fourth-order valence-corrected chi connectivity index (χ4v) is 6.42. The van der Waals surface area contributed by atoms with Crippen molar-refractivity contribution in [1.29, 1.82) is 0 Å². The average Bonchev–Trinajstić information content (AvgIpc) is 3.41. The van der Waals surface area contributed by atoms with Crippen molar-refractivity contribution >= 4 is 35.6 Å². The maximum absolute atomic E-state index is 13.6. The van der Waals surface area contributed by atoms with E-state index < -0.39 is 47.4 Å². The molecule has 278 valence electrons. The number of carbonyl (C=O) groups is 5. The summed E-state index contributed by atoms with van der Waals surface area (Å²) >= 11 is 0. The van der Waals surface area contributed by atoms with Crippen LogP contribution in [0.15, 0.2) is 72.8 Å². The van der Waals surface area contributed by atoms with Gasteiger partial charge in [0.2, 0.25) is 11.8 Å². The fraction of sp³-hybridized carbons (Fsp3) is 0.410. The van der Waals surface area contributed by atoms with E-state index >= 15 is 0 Å². The minimum absolute atomic E-state index is 0.0786. The van der Waals surface area contributed by atoms with Gasteiger partial charge in [0.25, 0.3) is 0 Å². The Labute approximate surface area is 304 Å². The molecule has 0 saturated heterocycles. The number of hydrogen-bond donors (Lipinski definition) is 7. The molecule has 3 aromatic rings. The lowest BCUT2D eigenvalue weighted by atomic mass is 9.84. The number of carboxylic acid groups (broad SMARTS) is 1. The number of carbonyl (C=O) groups excluding carboxylic acids is 4. The first-order chi connectivity index (χ1) is 24.7. The zero-order valence-electron chi connectivity index (χ0n) is 30.1. The Kier molecular flexibility index (Phi) is 13.4. The van der Waals surface area contributed by atoms with Crippen molar-refractivity contribution in [2.75, 3.05) is 18.5 Å². The number of primary amides is 1. The van der Waals surface area contributed by atoms with E-state index in [4.69, 9.17) is 16.2 Å². The van der Waals surface area contributed by atoms with E-state index in [9.17, 15) is 29.1 Å². The Balaban J connectivity index is 1.38. The summed E-state index contributed by atoms with van der Waals surface area (Å²) in [7, 11) is 0. The number of nitrogens with one attached hydrogen (secondary N) is 4. The van der Waals surface area contributed by atoms with Crippen molar-refractivity contribution in [1.82, 2.24) is 16.0 Å². The van der Waals surface area contributed by atoms with Crippen LogP contribution in [0.1, 0.15) is 69.6 Å². The van der Waals surface area contributed by atoms with E-state index in [0.717, 1.165) is 27.8 Å². The first kappa shape index (κ1) is 39.4. The normalized spacial score (nSPS) is 14.0. The highest BCUT2D eigenvalue weighted by atomic mass is 16.5. The van der Waals surface area contributed by atoms with Gasteiger partial charge in [-0.15, -0.1) is 0 Å². The van der Waals surface area contributed by atoms with E-state index in [1.165, 1.54) is 0 Å². The summed E-state index contributed by atoms with van der Waals surface area (Å²) < 4.78 is 5.68. The molecule has 0 radical (unpaired) electrons. The second-order valence-electron chi connectivity index (χ2n) is 14.2. The maximum Gasteiger partial charge on any atom is 0.407 e. The molecule has 52 heavy (non-hydrogen) atoms. The topological polar surface area (TPSA) is 215 Å². The van der Waals surface area contributed by atoms with Crippen LogP contribution in [0.25, 0.3) is 11.1 Å². The third kappa shape index (κ3) is 10.5. The van der Waals surface area contributed by atoms with E-state index in [2.05, 4.69) is 21.3 Å². The van der Waals surface area contributed by atoms with Crippen molar-refractivity contribution in [2.45, 2.75) is 77.4 Å². The number of hydrogen-bond acceptors (Lipinski definition) is 7. The number of alkyl carbamates (subject to hydrolysis) is 1. The zero-order chi connectivity index (χ0) is 38.0. The van der Waals surface area contributed by atoms with E-state index in [-0.39, 0.29) is 37.5 Å². The molecule has 0 saturated carbocycles. The number of rotatable bonds is 17. The van der Waals surface area contributed by atoms with Gasteiger partial charge in [0.05, 0.1) is 5.41 Å². The number of anilines is 1. The zero-order valence-corrected chi connectivity index (χ0v) is 30.1. The average molecular weight is 715 g/mol. The third-order valence-electron chi connectivity index (χ3n) is 9.24. The van der Waals surface area contributed by atoms with Crippen LogP contribution < -0.4 is 32.7 Å². The monoisotopic (exact) mass is 714 g/mol. The molecule has 0 heterocycles. The van der Waals surface area contributed by atoms with Crippen LogP contribution in [0.2, 0.25) is 0 Å². The quantitative estimate of drug-likeness (QED) is 0.0987. The summed E-state index contributed by atoms with van der Waals surface area (Å²) in [5.74, 6) is -2.48. The van der Waals surface area contributed by atoms with Gasteiger partial charge in [-0.2, -0.15) is 0 Å². The highest BCUT2D eigenvalue weighted by molar-refractivity contribution is 5.98. The Morgan fingerprint density at radius 2 is 1.46 bits per heavy atom. The molecule has 0 aromatic heterocycles. The summed E-state index contributed by atoms with van der Waals surface area (Å²) in [6, 6.07) is 19.9. The van der Waals surface area contributed by atoms with Gasteiger partial charge in [-0.1, -0.05) is 74.5 Å². The molecular formula is C39H50N6O7. The first-order valence-electron chi connectivity index (χ1n) is 17.5. The lowest BCUT2D eigenvalue weighted by Crippen LogP contribution is -2.54. The summed E-state index contributed by atoms with van der Waals surface area (Å²) in [4.78, 5) is 62.9. The number of amides is 5. The molecule has 0 bridgehead atoms. The van der Waals surface area contributed by atoms with E-state index in [1.54, 1.807) is 52.0 Å². The molecule has 4 rings (SSSR count). The summed E-state index contributed by atoms with van der Waals surface area (Å²) in [6.07, 6.45) is 0.481. The smallest absolute Gasteiger partial charge is 0.407 e. The molecule has 1 aliphatic rings. The van der Waals surface area contributed by atoms with E-state index in [0.29, 0.717) is 24.9 Å². The molecule has 0 fully saturated rings. The van der Waals surface area contributed by atoms with Crippen LogP contribution >= 0.6 is 0 Å². The highest BCUT2D eigenvalue weighted by Gasteiger charge is 2.32. The summed E-state index contributed by atoms with van der Waals surface area (Å²) in [5, 5.41) is 20.2. The van der Waals surface area contributed by atoms with Gasteiger partial charge < -0.3 is 42.6 Å². The molecule has 1 aliphatic carbocycles. The number of fused-ring (bicyclic) bond motifs is 3. The number of ether oxygens (including phenoxy) is 1. The van der Waals surface area contributed by atoms with Crippen LogP contribution in [-0.4, -0.2) is 66.3 Å². The van der Waals surface area contributed by atoms with Gasteiger partial charge in [0.15, 0.2) is 0 Å². The Bertz CT molecular complexity index is 1700. The molecule has 3 unspecified atom stereocenters. The van der Waals surface area contributed by atoms with Crippen LogP contribution in [-0.2, 0) is 25.5 Å². The summed E-state index contributed by atoms with van der Waals surface area (Å²) in [5.41, 5.74) is 16.1. The molecule has 0 aliphatic heterocycles. The molecule has 9 N–H and O–H groups in total. The molecule has 5 amide bonds. The van der Waals surface area contributed by atoms with Crippen molar-refractivity contribution < 1.29 is 33.8 Å². The van der Waals surface area contributed by atoms with Crippen LogP contribution in [0.5, 0.6) is 0 Å². The number of carboxylic acids is 1. The van der Waals surface area contributed by atoms with Crippen molar-refractivity contribution in [3.63, 3.8) is 0 Å². The minimum Gasteiger partial charge on any atom is -0.481 e. The second kappa shape index (κ2) is 17.7. The van der Waals surface area contributed by atoms with E-state index in [1.807, 2.05) is 48.5 Å². The minimum atomic E-state index is -1.01. The van der Waals surface area contributed by atoms with Crippen molar-refractivity contribution in [3.8, 4) is 11.1 Å². The first-order valence-corrected chi connectivity index (χ1v) is 17.5. The van der Waals surface area contributed by atoms with Crippen molar-refractivity contribution in [3.05, 3.63) is 89.5 Å². The number of aliphatic carboxylic acids is 1. The largest absolute Gasteiger partial charge is 0.481 e. The second-order valence-corrected chi connectivity index (χ2v) is 14.2. The van der Waals surface area contributed by atoms with Crippen molar-refractivity contribution in [2.24, 2.45) is 22.8 Å². The predicted octanol–water partition coefficient (Wildman–Crippen LogP) is 4.49.